The van der Waals surface area contributed by atoms with Gasteiger partial charge >= 0.3 is 0 Å². The van der Waals surface area contributed by atoms with E-state index in [1.165, 1.54) is 0 Å². The van der Waals surface area contributed by atoms with E-state index < -0.39 is 0 Å². The lowest BCUT2D eigenvalue weighted by Crippen LogP contribution is -2.08. The molecule has 0 aliphatic carbocycles. The summed E-state index contributed by atoms with van der Waals surface area (Å²) in [7, 11) is 4.04. The molecular weight excluding hydrogens is 398 g/mol. The number of aromatic amines is 1. The van der Waals surface area contributed by atoms with Gasteiger partial charge in [0.1, 0.15) is 11.5 Å². The quantitative estimate of drug-likeness (QED) is 0.379. The van der Waals surface area contributed by atoms with Crippen molar-refractivity contribution in [3.05, 3.63) is 85.1 Å². The predicted octanol–water partition coefficient (Wildman–Crippen LogP) is 5.73. The van der Waals surface area contributed by atoms with Crippen molar-refractivity contribution < 1.29 is 4.74 Å². The summed E-state index contributed by atoms with van der Waals surface area (Å²) < 4.78 is 5.91. The predicted molar refractivity (Wildman–Crippen MR) is 130 cm³/mol. The van der Waals surface area contributed by atoms with Gasteiger partial charge in [0.05, 0.1) is 16.6 Å². The molecule has 6 heteroatoms. The van der Waals surface area contributed by atoms with Gasteiger partial charge in [0.25, 0.3) is 0 Å². The number of aromatic nitrogens is 3. The van der Waals surface area contributed by atoms with Gasteiger partial charge < -0.3 is 15.4 Å². The molecule has 0 aliphatic heterocycles. The van der Waals surface area contributed by atoms with Crippen molar-refractivity contribution in [1.29, 1.82) is 0 Å². The van der Waals surface area contributed by atoms with E-state index in [0.717, 1.165) is 50.5 Å². The Balaban J connectivity index is 1.54. The van der Waals surface area contributed by atoms with Crippen LogP contribution in [0.25, 0.3) is 33.3 Å². The lowest BCUT2D eigenvalue weighted by atomic mass is 10.0. The number of ether oxygens (including phenoxy) is 1. The first-order chi connectivity index (χ1) is 15.6. The van der Waals surface area contributed by atoms with E-state index in [4.69, 9.17) is 15.5 Å². The normalized spacial score (nSPS) is 10.9. The van der Waals surface area contributed by atoms with E-state index >= 15 is 0 Å². The first kappa shape index (κ1) is 19.6. The minimum Gasteiger partial charge on any atom is -0.457 e. The van der Waals surface area contributed by atoms with Crippen molar-refractivity contribution in [2.45, 2.75) is 0 Å². The molecule has 0 atom stereocenters. The number of hydrogen-bond donors (Lipinski definition) is 2. The second-order valence-corrected chi connectivity index (χ2v) is 7.76. The van der Waals surface area contributed by atoms with Crippen LogP contribution in [0.4, 0.5) is 11.5 Å². The molecule has 0 amide bonds. The van der Waals surface area contributed by atoms with Crippen LogP contribution in [0.2, 0.25) is 0 Å². The van der Waals surface area contributed by atoms with Gasteiger partial charge in [-0.25, -0.2) is 0 Å². The van der Waals surface area contributed by atoms with Crippen molar-refractivity contribution in [1.82, 2.24) is 15.2 Å². The standard InChI is InChI=1S/C26H23N5O/c1-31(2)19-8-6-7-18(15-19)24-25-23(26(27)30-29-25)22(16-28-24)17-11-13-21(14-12-17)32-20-9-4-3-5-10-20/h3-16H,1-2H3,(H3,27,29,30). The molecule has 6 nitrogen and oxygen atoms in total. The monoisotopic (exact) mass is 421 g/mol. The number of hydrogen-bond acceptors (Lipinski definition) is 5. The van der Waals surface area contributed by atoms with Gasteiger partial charge in [-0.2, -0.15) is 5.10 Å². The summed E-state index contributed by atoms with van der Waals surface area (Å²) in [6, 6.07) is 25.9. The van der Waals surface area contributed by atoms with Gasteiger partial charge in [-0.3, -0.25) is 10.1 Å². The fourth-order valence-corrected chi connectivity index (χ4v) is 3.75. The number of anilines is 2. The Morgan fingerprint density at radius 3 is 2.34 bits per heavy atom. The van der Waals surface area contributed by atoms with Crippen molar-refractivity contribution in [3.63, 3.8) is 0 Å². The van der Waals surface area contributed by atoms with E-state index in [-0.39, 0.29) is 0 Å². The number of pyridine rings is 1. The highest BCUT2D eigenvalue weighted by molar-refractivity contribution is 6.06. The fourth-order valence-electron chi connectivity index (χ4n) is 3.75. The minimum absolute atomic E-state index is 0.451. The summed E-state index contributed by atoms with van der Waals surface area (Å²) in [5.74, 6) is 2.01. The summed E-state index contributed by atoms with van der Waals surface area (Å²) in [6.45, 7) is 0. The molecule has 0 unspecified atom stereocenters. The molecule has 0 fully saturated rings. The molecule has 2 heterocycles. The number of benzene rings is 3. The number of nitrogens with two attached hydrogens (primary N) is 1. The summed E-state index contributed by atoms with van der Waals surface area (Å²) in [4.78, 5) is 6.85. The molecule has 3 aromatic carbocycles. The number of rotatable bonds is 5. The van der Waals surface area contributed by atoms with E-state index in [0.29, 0.717) is 5.82 Å². The molecule has 5 rings (SSSR count). The molecule has 0 spiro atoms. The largest absolute Gasteiger partial charge is 0.457 e. The average Bonchev–Trinajstić information content (AvgIpc) is 3.22. The Morgan fingerprint density at radius 1 is 0.844 bits per heavy atom. The van der Waals surface area contributed by atoms with Crippen LogP contribution in [0.15, 0.2) is 85.1 Å². The molecule has 0 bridgehead atoms. The second kappa shape index (κ2) is 8.07. The Kier molecular flexibility index (Phi) is 4.95. The lowest BCUT2D eigenvalue weighted by Gasteiger charge is -2.14. The highest BCUT2D eigenvalue weighted by Crippen LogP contribution is 2.37. The van der Waals surface area contributed by atoms with Gasteiger partial charge in [-0.05, 0) is 42.0 Å². The summed E-state index contributed by atoms with van der Waals surface area (Å²) in [5.41, 5.74) is 11.9. The molecule has 0 saturated heterocycles. The third-order valence-corrected chi connectivity index (χ3v) is 5.40. The van der Waals surface area contributed by atoms with Crippen LogP contribution in [0.5, 0.6) is 11.5 Å². The van der Waals surface area contributed by atoms with Crippen molar-refractivity contribution in [2.75, 3.05) is 24.7 Å². The van der Waals surface area contributed by atoms with Crippen LogP contribution in [-0.4, -0.2) is 29.3 Å². The fraction of sp³-hybridized carbons (Fsp3) is 0.0769. The maximum absolute atomic E-state index is 6.27. The number of nitrogen functional groups attached to an aromatic ring is 1. The first-order valence-corrected chi connectivity index (χ1v) is 10.3. The maximum atomic E-state index is 6.27. The second-order valence-electron chi connectivity index (χ2n) is 7.76. The average molecular weight is 422 g/mol. The highest BCUT2D eigenvalue weighted by atomic mass is 16.5. The van der Waals surface area contributed by atoms with Crippen LogP contribution >= 0.6 is 0 Å². The smallest absolute Gasteiger partial charge is 0.153 e. The Morgan fingerprint density at radius 2 is 1.59 bits per heavy atom. The zero-order chi connectivity index (χ0) is 22.1. The van der Waals surface area contributed by atoms with Crippen LogP contribution in [0.1, 0.15) is 0 Å². The molecule has 0 radical (unpaired) electrons. The molecule has 32 heavy (non-hydrogen) atoms. The van der Waals surface area contributed by atoms with E-state index in [1.54, 1.807) is 0 Å². The summed E-state index contributed by atoms with van der Waals surface area (Å²) >= 11 is 0. The number of para-hydroxylation sites is 1. The van der Waals surface area contributed by atoms with E-state index in [1.807, 2.05) is 87.0 Å². The minimum atomic E-state index is 0.451. The number of H-pyrrole nitrogens is 1. The van der Waals surface area contributed by atoms with Gasteiger partial charge in [-0.15, -0.1) is 0 Å². The molecule has 5 aromatic rings. The zero-order valence-electron chi connectivity index (χ0n) is 17.9. The van der Waals surface area contributed by atoms with Crippen LogP contribution in [0.3, 0.4) is 0 Å². The Bertz CT molecular complexity index is 1380. The summed E-state index contributed by atoms with van der Waals surface area (Å²) in [6.07, 6.45) is 1.86. The molecule has 0 saturated carbocycles. The maximum Gasteiger partial charge on any atom is 0.153 e. The van der Waals surface area contributed by atoms with Gasteiger partial charge in [0.2, 0.25) is 0 Å². The van der Waals surface area contributed by atoms with Crippen LogP contribution in [-0.2, 0) is 0 Å². The van der Waals surface area contributed by atoms with Crippen LogP contribution < -0.4 is 15.4 Å². The lowest BCUT2D eigenvalue weighted by molar-refractivity contribution is 0.483. The third kappa shape index (κ3) is 3.63. The van der Waals surface area contributed by atoms with Crippen molar-refractivity contribution in [3.8, 4) is 33.9 Å². The number of nitrogens with one attached hydrogen (secondary N) is 1. The van der Waals surface area contributed by atoms with Crippen molar-refractivity contribution >= 4 is 22.4 Å². The molecule has 2 aromatic heterocycles. The molecule has 3 N–H and O–H groups in total. The number of nitrogens with zero attached hydrogens (tertiary/aromatic N) is 3. The first-order valence-electron chi connectivity index (χ1n) is 10.3. The van der Waals surface area contributed by atoms with Crippen molar-refractivity contribution in [2.24, 2.45) is 0 Å². The Labute approximate surface area is 186 Å². The van der Waals surface area contributed by atoms with E-state index in [9.17, 15) is 0 Å². The molecule has 0 aliphatic rings. The Hall–Kier alpha value is -4.32. The molecule has 158 valence electrons. The third-order valence-electron chi connectivity index (χ3n) is 5.40. The summed E-state index contributed by atoms with van der Waals surface area (Å²) in [5, 5.41) is 8.22. The topological polar surface area (TPSA) is 80.1 Å². The van der Waals surface area contributed by atoms with Gasteiger partial charge in [-0.1, -0.05) is 42.5 Å². The molecular formula is C26H23N5O. The highest BCUT2D eigenvalue weighted by Gasteiger charge is 2.16. The van der Waals surface area contributed by atoms with E-state index in [2.05, 4.69) is 27.2 Å². The SMILES string of the molecule is CN(C)c1cccc(-c2ncc(-c3ccc(Oc4ccccc4)cc3)c3c(N)n[nH]c23)c1. The van der Waals surface area contributed by atoms with Gasteiger partial charge in [0.15, 0.2) is 5.82 Å². The van der Waals surface area contributed by atoms with Crippen LogP contribution in [0, 0.1) is 0 Å². The zero-order valence-corrected chi connectivity index (χ0v) is 17.9. The number of fused-ring (bicyclic) bond motifs is 1. The van der Waals surface area contributed by atoms with Gasteiger partial charge in [0, 0.05) is 37.1 Å².